The molecule has 3 nitrogen and oxygen atoms in total. The highest BCUT2D eigenvalue weighted by Gasteiger charge is 2.05. The van der Waals surface area contributed by atoms with Gasteiger partial charge in [0, 0.05) is 0 Å². The Morgan fingerprint density at radius 1 is 1.29 bits per heavy atom. The fraction of sp³-hybridized carbons (Fsp3) is 0.235. The molecule has 0 saturated carbocycles. The molecule has 0 bridgehead atoms. The second-order valence-electron chi connectivity index (χ2n) is 4.23. The number of hydrogen-bond acceptors (Lipinski definition) is 3. The zero-order valence-electron chi connectivity index (χ0n) is 12.2. The number of carbonyl (C=O) groups is 1. The SMILES string of the molecule is C\C=C(/C=C(\C=C\F)CC(=O)OC)OCc1ccccc1. The highest BCUT2D eigenvalue weighted by atomic mass is 19.1. The van der Waals surface area contributed by atoms with Crippen molar-refractivity contribution in [3.63, 3.8) is 0 Å². The van der Waals surface area contributed by atoms with Crippen LogP contribution >= 0.6 is 0 Å². The number of allylic oxidation sites excluding steroid dienone is 3. The first-order chi connectivity index (χ1) is 10.2. The summed E-state index contributed by atoms with van der Waals surface area (Å²) in [6.07, 6.45) is 4.97. The summed E-state index contributed by atoms with van der Waals surface area (Å²) in [4.78, 5) is 11.3. The van der Waals surface area contributed by atoms with E-state index in [0.29, 0.717) is 24.3 Å². The van der Waals surface area contributed by atoms with Crippen molar-refractivity contribution in [2.45, 2.75) is 20.0 Å². The monoisotopic (exact) mass is 290 g/mol. The molecule has 4 heteroatoms. The Hall–Kier alpha value is -2.36. The summed E-state index contributed by atoms with van der Waals surface area (Å²) in [6.45, 7) is 2.22. The lowest BCUT2D eigenvalue weighted by Gasteiger charge is -2.08. The second-order valence-corrected chi connectivity index (χ2v) is 4.23. The van der Waals surface area contributed by atoms with Crippen molar-refractivity contribution < 1.29 is 18.7 Å². The Kier molecular flexibility index (Phi) is 7.58. The van der Waals surface area contributed by atoms with Crippen LogP contribution in [0.4, 0.5) is 4.39 Å². The molecule has 112 valence electrons. The van der Waals surface area contributed by atoms with Gasteiger partial charge in [0.15, 0.2) is 0 Å². The molecule has 1 rings (SSSR count). The lowest BCUT2D eigenvalue weighted by Crippen LogP contribution is -2.01. The van der Waals surface area contributed by atoms with Gasteiger partial charge in [0.1, 0.15) is 12.4 Å². The number of methoxy groups -OCH3 is 1. The summed E-state index contributed by atoms with van der Waals surface area (Å²) in [5.41, 5.74) is 1.51. The maximum absolute atomic E-state index is 12.4. The van der Waals surface area contributed by atoms with Crippen LogP contribution in [-0.4, -0.2) is 13.1 Å². The third-order valence-electron chi connectivity index (χ3n) is 2.71. The van der Waals surface area contributed by atoms with E-state index in [1.807, 2.05) is 37.3 Å². The van der Waals surface area contributed by atoms with E-state index in [1.54, 1.807) is 12.2 Å². The third kappa shape index (κ3) is 6.56. The van der Waals surface area contributed by atoms with Crippen LogP contribution in [0.1, 0.15) is 18.9 Å². The number of halogens is 1. The quantitative estimate of drug-likeness (QED) is 0.431. The summed E-state index contributed by atoms with van der Waals surface area (Å²) in [5.74, 6) is 0.133. The van der Waals surface area contributed by atoms with E-state index in [9.17, 15) is 9.18 Å². The summed E-state index contributed by atoms with van der Waals surface area (Å²) < 4.78 is 22.6. The van der Waals surface area contributed by atoms with Crippen LogP contribution in [0.25, 0.3) is 0 Å². The highest BCUT2D eigenvalue weighted by Crippen LogP contribution is 2.13. The van der Waals surface area contributed by atoms with Crippen LogP contribution in [0.3, 0.4) is 0 Å². The fourth-order valence-electron chi connectivity index (χ4n) is 1.61. The Morgan fingerprint density at radius 3 is 2.57 bits per heavy atom. The second kappa shape index (κ2) is 9.53. The van der Waals surface area contributed by atoms with Crippen LogP contribution in [0.2, 0.25) is 0 Å². The van der Waals surface area contributed by atoms with Gasteiger partial charge in [0.05, 0.1) is 19.9 Å². The minimum absolute atomic E-state index is 0.0110. The van der Waals surface area contributed by atoms with Gasteiger partial charge in [-0.1, -0.05) is 30.3 Å². The van der Waals surface area contributed by atoms with E-state index in [2.05, 4.69) is 4.74 Å². The molecule has 0 fully saturated rings. The average Bonchev–Trinajstić information content (AvgIpc) is 2.52. The van der Waals surface area contributed by atoms with Crippen LogP contribution in [-0.2, 0) is 20.9 Å². The van der Waals surface area contributed by atoms with Crippen molar-refractivity contribution in [3.05, 3.63) is 71.8 Å². The van der Waals surface area contributed by atoms with Crippen molar-refractivity contribution in [2.24, 2.45) is 0 Å². The predicted molar refractivity (Wildman–Crippen MR) is 80.0 cm³/mol. The van der Waals surface area contributed by atoms with Gasteiger partial charge in [-0.25, -0.2) is 4.39 Å². The minimum atomic E-state index is -0.433. The number of benzene rings is 1. The molecule has 0 aromatic heterocycles. The highest BCUT2D eigenvalue weighted by molar-refractivity contribution is 5.73. The lowest BCUT2D eigenvalue weighted by atomic mass is 10.1. The zero-order chi connectivity index (χ0) is 15.5. The van der Waals surface area contributed by atoms with Gasteiger partial charge in [0.2, 0.25) is 0 Å². The van der Waals surface area contributed by atoms with Crippen LogP contribution in [0.5, 0.6) is 0 Å². The fourth-order valence-corrected chi connectivity index (χ4v) is 1.61. The van der Waals surface area contributed by atoms with Gasteiger partial charge >= 0.3 is 5.97 Å². The van der Waals surface area contributed by atoms with E-state index >= 15 is 0 Å². The molecule has 0 aliphatic heterocycles. The largest absolute Gasteiger partial charge is 0.489 e. The van der Waals surface area contributed by atoms with E-state index in [0.717, 1.165) is 5.56 Å². The molecule has 0 aliphatic carbocycles. The Balaban J connectivity index is 2.72. The molecule has 0 atom stereocenters. The summed E-state index contributed by atoms with van der Waals surface area (Å²) in [5, 5.41) is 0. The van der Waals surface area contributed by atoms with Gasteiger partial charge in [-0.15, -0.1) is 0 Å². The molecule has 0 spiro atoms. The Bertz CT molecular complexity index is 530. The normalized spacial score (nSPS) is 12.5. The smallest absolute Gasteiger partial charge is 0.309 e. The number of esters is 1. The first-order valence-corrected chi connectivity index (χ1v) is 6.56. The van der Waals surface area contributed by atoms with Gasteiger partial charge < -0.3 is 9.47 Å². The first kappa shape index (κ1) is 16.7. The van der Waals surface area contributed by atoms with Crippen LogP contribution in [0, 0.1) is 0 Å². The number of ether oxygens (including phenoxy) is 2. The van der Waals surface area contributed by atoms with Gasteiger partial charge in [-0.3, -0.25) is 4.79 Å². The van der Waals surface area contributed by atoms with E-state index in [1.165, 1.54) is 13.2 Å². The maximum atomic E-state index is 12.4. The third-order valence-corrected chi connectivity index (χ3v) is 2.71. The van der Waals surface area contributed by atoms with E-state index < -0.39 is 5.97 Å². The molecular formula is C17H19FO3. The van der Waals surface area contributed by atoms with E-state index in [-0.39, 0.29) is 6.42 Å². The Labute approximate surface area is 124 Å². The lowest BCUT2D eigenvalue weighted by molar-refractivity contribution is -0.139. The van der Waals surface area contributed by atoms with Crippen molar-refractivity contribution in [3.8, 4) is 0 Å². The topological polar surface area (TPSA) is 35.5 Å². The van der Waals surface area contributed by atoms with Gasteiger partial charge in [0.25, 0.3) is 0 Å². The molecule has 0 N–H and O–H groups in total. The molecule has 0 heterocycles. The number of rotatable bonds is 7. The molecule has 0 saturated heterocycles. The zero-order valence-corrected chi connectivity index (χ0v) is 12.2. The predicted octanol–water partition coefficient (Wildman–Crippen LogP) is 4.08. The van der Waals surface area contributed by atoms with Gasteiger partial charge in [-0.05, 0) is 36.3 Å². The van der Waals surface area contributed by atoms with Crippen molar-refractivity contribution in [1.82, 2.24) is 0 Å². The van der Waals surface area contributed by atoms with Gasteiger partial charge in [-0.2, -0.15) is 0 Å². The number of carbonyl (C=O) groups excluding carboxylic acids is 1. The number of hydrogen-bond donors (Lipinski definition) is 0. The van der Waals surface area contributed by atoms with Crippen molar-refractivity contribution >= 4 is 5.97 Å². The molecule has 0 aliphatic rings. The molecular weight excluding hydrogens is 271 g/mol. The minimum Gasteiger partial charge on any atom is -0.489 e. The average molecular weight is 290 g/mol. The summed E-state index contributed by atoms with van der Waals surface area (Å²) in [7, 11) is 1.29. The molecule has 21 heavy (non-hydrogen) atoms. The molecule has 0 unspecified atom stereocenters. The standard InChI is InChI=1S/C17H19FO3/c1-3-16(21-13-14-7-5-4-6-8-14)11-15(9-10-18)12-17(19)20-2/h3-11H,12-13H2,1-2H3/b10-9+,15-11+,16-3+. The van der Waals surface area contributed by atoms with Crippen molar-refractivity contribution in [1.29, 1.82) is 0 Å². The van der Waals surface area contributed by atoms with E-state index in [4.69, 9.17) is 4.74 Å². The molecule has 1 aromatic carbocycles. The summed E-state index contributed by atoms with van der Waals surface area (Å²) >= 11 is 0. The molecule has 0 radical (unpaired) electrons. The Morgan fingerprint density at radius 2 is 2.00 bits per heavy atom. The van der Waals surface area contributed by atoms with Crippen LogP contribution in [0.15, 0.2) is 66.2 Å². The molecule has 1 aromatic rings. The maximum Gasteiger partial charge on any atom is 0.309 e. The first-order valence-electron chi connectivity index (χ1n) is 6.56. The van der Waals surface area contributed by atoms with Crippen molar-refractivity contribution in [2.75, 3.05) is 7.11 Å². The molecule has 0 amide bonds. The summed E-state index contributed by atoms with van der Waals surface area (Å²) in [6, 6.07) is 9.69. The van der Waals surface area contributed by atoms with Crippen LogP contribution < -0.4 is 0 Å².